The highest BCUT2D eigenvalue weighted by Gasteiger charge is 2.59. The van der Waals surface area contributed by atoms with Gasteiger partial charge in [-0.05, 0) is 66.8 Å². The number of Topliss-reactive ketones (excluding diaryl/α,β-unsaturated/α-hetero) is 1. The first-order valence-electron chi connectivity index (χ1n) is 10.1. The number of allylic oxidation sites excluding steroid dienone is 2. The van der Waals surface area contributed by atoms with Crippen molar-refractivity contribution in [1.29, 1.82) is 0 Å². The summed E-state index contributed by atoms with van der Waals surface area (Å²) in [5.74, 6) is -2.31. The van der Waals surface area contributed by atoms with Crippen LogP contribution in [0.2, 0.25) is 0 Å². The van der Waals surface area contributed by atoms with Gasteiger partial charge < -0.3 is 4.74 Å². The molecular weight excluding hydrogens is 401 g/mol. The molecule has 3 aliphatic rings. The van der Waals surface area contributed by atoms with Crippen LogP contribution in [-0.4, -0.2) is 30.2 Å². The number of halogens is 1. The van der Waals surface area contributed by atoms with E-state index in [9.17, 15) is 23.6 Å². The third kappa shape index (κ3) is 3.17. The fourth-order valence-electron chi connectivity index (χ4n) is 4.84. The van der Waals surface area contributed by atoms with Crippen molar-refractivity contribution >= 4 is 29.3 Å². The molecule has 0 radical (unpaired) electrons. The second kappa shape index (κ2) is 7.27. The molecule has 2 aliphatic carbocycles. The number of carbonyl (C=O) groups is 4. The van der Waals surface area contributed by atoms with E-state index in [2.05, 4.69) is 0 Å². The molecule has 2 amide bonds. The number of amides is 2. The van der Waals surface area contributed by atoms with E-state index in [1.165, 1.54) is 41.3 Å². The second-order valence-electron chi connectivity index (χ2n) is 8.06. The number of fused-ring (bicyclic) bond motifs is 5. The summed E-state index contributed by atoms with van der Waals surface area (Å²) in [6, 6.07) is 10.9. The summed E-state index contributed by atoms with van der Waals surface area (Å²) in [4.78, 5) is 51.3. The Morgan fingerprint density at radius 3 is 2.00 bits per heavy atom. The maximum atomic E-state index is 12.9. The van der Waals surface area contributed by atoms with Crippen molar-refractivity contribution in [3.63, 3.8) is 0 Å². The predicted octanol–water partition coefficient (Wildman–Crippen LogP) is 3.18. The molecule has 0 aromatic heterocycles. The summed E-state index contributed by atoms with van der Waals surface area (Å²) in [7, 11) is 0. The van der Waals surface area contributed by atoms with Crippen molar-refractivity contribution in [2.45, 2.75) is 6.42 Å². The minimum absolute atomic E-state index is 0.129. The Bertz CT molecular complexity index is 1090. The number of ether oxygens (including phenoxy) is 1. The molecule has 1 heterocycles. The van der Waals surface area contributed by atoms with E-state index in [0.29, 0.717) is 5.69 Å². The lowest BCUT2D eigenvalue weighted by Crippen LogP contribution is -2.32. The first kappa shape index (κ1) is 19.4. The fraction of sp³-hybridized carbons (Fsp3) is 0.250. The lowest BCUT2D eigenvalue weighted by molar-refractivity contribution is -0.123. The summed E-state index contributed by atoms with van der Waals surface area (Å²) >= 11 is 0. The predicted molar refractivity (Wildman–Crippen MR) is 108 cm³/mol. The average Bonchev–Trinajstić information content (AvgIpc) is 3.46. The third-order valence-electron chi connectivity index (χ3n) is 6.33. The van der Waals surface area contributed by atoms with E-state index in [-0.39, 0.29) is 46.6 Å². The van der Waals surface area contributed by atoms with Crippen LogP contribution in [0.25, 0.3) is 0 Å². The molecular formula is C24H18FNO5. The normalized spacial score (nSPS) is 25.8. The monoisotopic (exact) mass is 419 g/mol. The highest BCUT2D eigenvalue weighted by Crippen LogP contribution is 2.53. The van der Waals surface area contributed by atoms with E-state index >= 15 is 0 Å². The Kier molecular flexibility index (Phi) is 4.54. The van der Waals surface area contributed by atoms with E-state index < -0.39 is 24.2 Å². The van der Waals surface area contributed by atoms with Gasteiger partial charge in [0.1, 0.15) is 5.82 Å². The van der Waals surface area contributed by atoms with Crippen LogP contribution in [-0.2, 0) is 14.3 Å². The van der Waals surface area contributed by atoms with Crippen molar-refractivity contribution in [3.05, 3.63) is 77.6 Å². The van der Waals surface area contributed by atoms with E-state index in [1.807, 2.05) is 12.2 Å². The molecule has 4 atom stereocenters. The summed E-state index contributed by atoms with van der Waals surface area (Å²) in [6.07, 6.45) is 4.93. The molecule has 156 valence electrons. The Morgan fingerprint density at radius 1 is 0.871 bits per heavy atom. The minimum atomic E-state index is -0.708. The average molecular weight is 419 g/mol. The third-order valence-corrected chi connectivity index (χ3v) is 6.33. The van der Waals surface area contributed by atoms with Gasteiger partial charge in [-0.2, -0.15) is 0 Å². The van der Waals surface area contributed by atoms with Gasteiger partial charge in [-0.3, -0.25) is 19.3 Å². The fourth-order valence-corrected chi connectivity index (χ4v) is 4.84. The minimum Gasteiger partial charge on any atom is -0.454 e. The molecule has 31 heavy (non-hydrogen) atoms. The molecule has 6 nitrogen and oxygen atoms in total. The van der Waals surface area contributed by atoms with E-state index in [1.54, 1.807) is 0 Å². The van der Waals surface area contributed by atoms with E-state index in [0.717, 1.165) is 18.6 Å². The Hall–Kier alpha value is -3.61. The van der Waals surface area contributed by atoms with Crippen molar-refractivity contribution in [2.24, 2.45) is 23.7 Å². The standard InChI is InChI=1S/C24H18FNO5/c25-17-7-3-13(4-8-17)19(27)12-31-24(30)14-5-9-18(10-6-14)26-22(28)20-15-1-2-16(11-15)21(20)23(26)29/h1-10,15-16,20-21H,11-12H2/t15-,16+,20-,21+. The number of esters is 1. The van der Waals surface area contributed by atoms with Crippen molar-refractivity contribution < 1.29 is 28.3 Å². The molecule has 7 heteroatoms. The summed E-state index contributed by atoms with van der Waals surface area (Å²) in [5, 5.41) is 0. The quantitative estimate of drug-likeness (QED) is 0.322. The SMILES string of the molecule is O=C(COC(=O)c1ccc(N2C(=O)[C@@H]3[C@H](C2=O)[C@@H]2C=C[C@H]3C2)cc1)c1ccc(F)cc1. The van der Waals surface area contributed by atoms with Gasteiger partial charge in [0.2, 0.25) is 11.8 Å². The number of nitrogens with zero attached hydrogens (tertiary/aromatic N) is 1. The van der Waals surface area contributed by atoms with Crippen molar-refractivity contribution in [1.82, 2.24) is 0 Å². The second-order valence-corrected chi connectivity index (χ2v) is 8.06. The molecule has 0 N–H and O–H groups in total. The molecule has 1 saturated carbocycles. The zero-order valence-corrected chi connectivity index (χ0v) is 16.4. The zero-order chi connectivity index (χ0) is 21.7. The number of imide groups is 1. The van der Waals surface area contributed by atoms with Gasteiger partial charge in [0.05, 0.1) is 23.1 Å². The van der Waals surface area contributed by atoms with Crippen LogP contribution in [0.4, 0.5) is 10.1 Å². The largest absolute Gasteiger partial charge is 0.454 e. The number of ketones is 1. The van der Waals surface area contributed by atoms with Crippen LogP contribution in [0.15, 0.2) is 60.7 Å². The Balaban J connectivity index is 1.24. The highest BCUT2D eigenvalue weighted by atomic mass is 19.1. The molecule has 2 fully saturated rings. The maximum Gasteiger partial charge on any atom is 0.338 e. The first-order valence-corrected chi connectivity index (χ1v) is 10.1. The van der Waals surface area contributed by atoms with E-state index in [4.69, 9.17) is 4.74 Å². The molecule has 1 saturated heterocycles. The molecule has 2 aromatic carbocycles. The van der Waals surface area contributed by atoms with Gasteiger partial charge in [-0.1, -0.05) is 12.2 Å². The Morgan fingerprint density at radius 2 is 1.42 bits per heavy atom. The number of hydrogen-bond acceptors (Lipinski definition) is 5. The number of benzene rings is 2. The number of hydrogen-bond donors (Lipinski definition) is 0. The zero-order valence-electron chi connectivity index (χ0n) is 16.4. The Labute approximate surface area is 177 Å². The number of carbonyl (C=O) groups excluding carboxylic acids is 4. The van der Waals surface area contributed by atoms with Gasteiger partial charge in [-0.25, -0.2) is 9.18 Å². The maximum absolute atomic E-state index is 12.9. The molecule has 0 unspecified atom stereocenters. The molecule has 0 spiro atoms. The topological polar surface area (TPSA) is 80.8 Å². The molecule has 5 rings (SSSR count). The van der Waals surface area contributed by atoms with Crippen LogP contribution in [0, 0.1) is 29.5 Å². The van der Waals surface area contributed by atoms with Crippen LogP contribution in [0.1, 0.15) is 27.1 Å². The van der Waals surface area contributed by atoms with Crippen LogP contribution >= 0.6 is 0 Å². The van der Waals surface area contributed by atoms with Gasteiger partial charge >= 0.3 is 5.97 Å². The summed E-state index contributed by atoms with van der Waals surface area (Å²) < 4.78 is 18.0. The van der Waals surface area contributed by atoms with Crippen molar-refractivity contribution in [2.75, 3.05) is 11.5 Å². The highest BCUT2D eigenvalue weighted by molar-refractivity contribution is 6.22. The summed E-state index contributed by atoms with van der Waals surface area (Å²) in [6.45, 7) is -0.478. The smallest absolute Gasteiger partial charge is 0.338 e. The van der Waals surface area contributed by atoms with Crippen molar-refractivity contribution in [3.8, 4) is 0 Å². The van der Waals surface area contributed by atoms with Gasteiger partial charge in [-0.15, -0.1) is 0 Å². The van der Waals surface area contributed by atoms with Crippen LogP contribution in [0.5, 0.6) is 0 Å². The van der Waals surface area contributed by atoms with Gasteiger partial charge in [0.25, 0.3) is 0 Å². The van der Waals surface area contributed by atoms with Gasteiger partial charge in [0, 0.05) is 5.56 Å². The molecule has 2 bridgehead atoms. The lowest BCUT2D eigenvalue weighted by atomic mass is 9.85. The van der Waals surface area contributed by atoms with Crippen LogP contribution in [0.3, 0.4) is 0 Å². The number of anilines is 1. The lowest BCUT2D eigenvalue weighted by Gasteiger charge is -2.17. The molecule has 2 aromatic rings. The number of rotatable bonds is 5. The first-order chi connectivity index (χ1) is 14.9. The molecule has 1 aliphatic heterocycles. The van der Waals surface area contributed by atoms with Crippen LogP contribution < -0.4 is 4.90 Å². The summed E-state index contributed by atoms with van der Waals surface area (Å²) in [5.41, 5.74) is 0.851. The van der Waals surface area contributed by atoms with Gasteiger partial charge in [0.15, 0.2) is 12.4 Å².